The predicted octanol–water partition coefficient (Wildman–Crippen LogP) is 3.40. The Morgan fingerprint density at radius 1 is 1.00 bits per heavy atom. The Morgan fingerprint density at radius 3 is 2.24 bits per heavy atom. The molecule has 0 N–H and O–H groups in total. The van der Waals surface area contributed by atoms with Crippen LogP contribution in [0.5, 0.6) is 23.0 Å². The van der Waals surface area contributed by atoms with Gasteiger partial charge in [-0.05, 0) is 30.3 Å². The maximum atomic E-state index is 12.3. The van der Waals surface area contributed by atoms with Crippen LogP contribution < -0.4 is 18.9 Å². The molecule has 0 heterocycles. The number of ether oxygens (including phenoxy) is 4. The SMILES string of the molecule is COc1cc(C#N)ccc1OC(=O)c1ccc(OC(F)F)c(OC)c1. The van der Waals surface area contributed by atoms with Gasteiger partial charge in [-0.1, -0.05) is 0 Å². The number of hydrogen-bond acceptors (Lipinski definition) is 6. The number of esters is 1. The van der Waals surface area contributed by atoms with Crippen LogP contribution in [0.25, 0.3) is 0 Å². The highest BCUT2D eigenvalue weighted by atomic mass is 19.3. The number of nitriles is 1. The van der Waals surface area contributed by atoms with Gasteiger partial charge in [0.1, 0.15) is 0 Å². The third-order valence-electron chi connectivity index (χ3n) is 3.11. The summed E-state index contributed by atoms with van der Waals surface area (Å²) in [5.74, 6) is -0.688. The highest BCUT2D eigenvalue weighted by molar-refractivity contribution is 5.92. The zero-order valence-electron chi connectivity index (χ0n) is 13.3. The van der Waals surface area contributed by atoms with Gasteiger partial charge in [-0.2, -0.15) is 14.0 Å². The standard InChI is InChI=1S/C17H13F2NO5/c1-22-14-7-10(9-20)3-5-12(14)24-16(21)11-4-6-13(25-17(18)19)15(8-11)23-2/h3-8,17H,1-2H3. The van der Waals surface area contributed by atoms with Crippen LogP contribution in [0.3, 0.4) is 0 Å². The Bertz CT molecular complexity index is 817. The fraction of sp³-hybridized carbons (Fsp3) is 0.176. The molecule has 2 aromatic carbocycles. The van der Waals surface area contributed by atoms with Gasteiger partial charge in [0.15, 0.2) is 23.0 Å². The molecule has 0 aromatic heterocycles. The van der Waals surface area contributed by atoms with Crippen LogP contribution in [-0.2, 0) is 0 Å². The molecular formula is C17H13F2NO5. The molecule has 25 heavy (non-hydrogen) atoms. The van der Waals surface area contributed by atoms with E-state index < -0.39 is 12.6 Å². The quantitative estimate of drug-likeness (QED) is 0.588. The maximum Gasteiger partial charge on any atom is 0.387 e. The average molecular weight is 349 g/mol. The number of methoxy groups -OCH3 is 2. The molecule has 0 amide bonds. The summed E-state index contributed by atoms with van der Waals surface area (Å²) in [4.78, 5) is 12.3. The molecule has 0 aliphatic rings. The number of alkyl halides is 2. The molecule has 0 atom stereocenters. The van der Waals surface area contributed by atoms with Crippen molar-refractivity contribution in [1.29, 1.82) is 5.26 Å². The van der Waals surface area contributed by atoms with Gasteiger partial charge in [-0.25, -0.2) is 4.79 Å². The van der Waals surface area contributed by atoms with Crippen molar-refractivity contribution in [2.75, 3.05) is 14.2 Å². The molecule has 0 saturated heterocycles. The number of nitrogens with zero attached hydrogens (tertiary/aromatic N) is 1. The van der Waals surface area contributed by atoms with Crippen molar-refractivity contribution in [2.24, 2.45) is 0 Å². The first-order valence-electron chi connectivity index (χ1n) is 6.91. The summed E-state index contributed by atoms with van der Waals surface area (Å²) >= 11 is 0. The van der Waals surface area contributed by atoms with Crippen molar-refractivity contribution in [2.45, 2.75) is 6.61 Å². The molecule has 0 spiro atoms. The van der Waals surface area contributed by atoms with E-state index in [1.807, 2.05) is 6.07 Å². The van der Waals surface area contributed by atoms with Gasteiger partial charge in [-0.15, -0.1) is 0 Å². The first-order chi connectivity index (χ1) is 12.0. The van der Waals surface area contributed by atoms with Crippen molar-refractivity contribution >= 4 is 5.97 Å². The minimum Gasteiger partial charge on any atom is -0.493 e. The summed E-state index contributed by atoms with van der Waals surface area (Å²) in [7, 11) is 2.62. The highest BCUT2D eigenvalue weighted by Crippen LogP contribution is 2.32. The van der Waals surface area contributed by atoms with Gasteiger partial charge in [0, 0.05) is 6.07 Å². The molecule has 2 rings (SSSR count). The molecule has 0 saturated carbocycles. The molecule has 0 aliphatic heterocycles. The fourth-order valence-electron chi connectivity index (χ4n) is 1.97. The Morgan fingerprint density at radius 2 is 1.64 bits per heavy atom. The van der Waals surface area contributed by atoms with Crippen LogP contribution in [0.2, 0.25) is 0 Å². The Kier molecular flexibility index (Phi) is 5.74. The minimum atomic E-state index is -3.02. The fourth-order valence-corrected chi connectivity index (χ4v) is 1.97. The lowest BCUT2D eigenvalue weighted by atomic mass is 10.2. The third kappa shape index (κ3) is 4.35. The van der Waals surface area contributed by atoms with E-state index in [9.17, 15) is 13.6 Å². The van der Waals surface area contributed by atoms with Gasteiger partial charge in [0.25, 0.3) is 0 Å². The maximum absolute atomic E-state index is 12.3. The van der Waals surface area contributed by atoms with E-state index >= 15 is 0 Å². The molecule has 0 bridgehead atoms. The van der Waals surface area contributed by atoms with Crippen LogP contribution >= 0.6 is 0 Å². The van der Waals surface area contributed by atoms with Crippen LogP contribution in [-0.4, -0.2) is 26.8 Å². The van der Waals surface area contributed by atoms with Crippen LogP contribution in [0, 0.1) is 11.3 Å². The highest BCUT2D eigenvalue weighted by Gasteiger charge is 2.17. The summed E-state index contributed by atoms with van der Waals surface area (Å²) < 4.78 is 44.2. The normalized spacial score (nSPS) is 10.1. The van der Waals surface area contributed by atoms with Crippen LogP contribution in [0.1, 0.15) is 15.9 Å². The lowest BCUT2D eigenvalue weighted by molar-refractivity contribution is -0.0512. The molecule has 0 unspecified atom stereocenters. The van der Waals surface area contributed by atoms with Crippen LogP contribution in [0.15, 0.2) is 36.4 Å². The van der Waals surface area contributed by atoms with Crippen molar-refractivity contribution in [1.82, 2.24) is 0 Å². The van der Waals surface area contributed by atoms with Crippen molar-refractivity contribution in [3.05, 3.63) is 47.5 Å². The summed E-state index contributed by atoms with van der Waals surface area (Å²) in [6.45, 7) is -3.02. The molecule has 6 nitrogen and oxygen atoms in total. The minimum absolute atomic E-state index is 0.0402. The lowest BCUT2D eigenvalue weighted by Crippen LogP contribution is -2.10. The van der Waals surface area contributed by atoms with E-state index in [2.05, 4.69) is 4.74 Å². The average Bonchev–Trinajstić information content (AvgIpc) is 2.61. The van der Waals surface area contributed by atoms with Gasteiger partial charge >= 0.3 is 12.6 Å². The summed E-state index contributed by atoms with van der Waals surface area (Å²) in [5.41, 5.74) is 0.400. The Labute approximate surface area is 142 Å². The van der Waals surface area contributed by atoms with Gasteiger partial charge in [0.2, 0.25) is 0 Å². The number of hydrogen-bond donors (Lipinski definition) is 0. The number of benzene rings is 2. The number of carbonyl (C=O) groups is 1. The molecular weight excluding hydrogens is 336 g/mol. The van der Waals surface area contributed by atoms with Crippen molar-refractivity contribution < 1.29 is 32.5 Å². The molecule has 0 radical (unpaired) electrons. The second-order valence-electron chi connectivity index (χ2n) is 4.61. The first kappa shape index (κ1) is 18.0. The third-order valence-corrected chi connectivity index (χ3v) is 3.11. The number of halogens is 2. The van der Waals surface area contributed by atoms with Crippen LogP contribution in [0.4, 0.5) is 8.78 Å². The van der Waals surface area contributed by atoms with E-state index in [-0.39, 0.29) is 28.6 Å². The zero-order chi connectivity index (χ0) is 18.4. The predicted molar refractivity (Wildman–Crippen MR) is 82.3 cm³/mol. The first-order valence-corrected chi connectivity index (χ1v) is 6.91. The van der Waals surface area contributed by atoms with E-state index in [0.29, 0.717) is 5.56 Å². The summed E-state index contributed by atoms with van der Waals surface area (Å²) in [6.07, 6.45) is 0. The van der Waals surface area contributed by atoms with Crippen molar-refractivity contribution in [3.8, 4) is 29.1 Å². The number of carbonyl (C=O) groups excluding carboxylic acids is 1. The molecule has 130 valence electrons. The topological polar surface area (TPSA) is 77.8 Å². The largest absolute Gasteiger partial charge is 0.493 e. The summed E-state index contributed by atoms with van der Waals surface area (Å²) in [6, 6.07) is 9.90. The Hall–Kier alpha value is -3.34. The van der Waals surface area contributed by atoms with E-state index in [0.717, 1.165) is 0 Å². The van der Waals surface area contributed by atoms with Gasteiger partial charge in [-0.3, -0.25) is 0 Å². The summed E-state index contributed by atoms with van der Waals surface area (Å²) in [5, 5.41) is 8.86. The van der Waals surface area contributed by atoms with E-state index in [1.165, 1.54) is 50.6 Å². The second kappa shape index (κ2) is 7.97. The molecule has 0 aliphatic carbocycles. The van der Waals surface area contributed by atoms with E-state index in [4.69, 9.17) is 19.5 Å². The molecule has 0 fully saturated rings. The van der Waals surface area contributed by atoms with Gasteiger partial charge < -0.3 is 18.9 Å². The molecule has 2 aromatic rings. The Balaban J connectivity index is 2.25. The monoisotopic (exact) mass is 349 g/mol. The van der Waals surface area contributed by atoms with Crippen molar-refractivity contribution in [3.63, 3.8) is 0 Å². The number of rotatable bonds is 6. The zero-order valence-corrected chi connectivity index (χ0v) is 13.3. The molecule has 8 heteroatoms. The lowest BCUT2D eigenvalue weighted by Gasteiger charge is -2.12. The second-order valence-corrected chi connectivity index (χ2v) is 4.61. The smallest absolute Gasteiger partial charge is 0.387 e. The van der Waals surface area contributed by atoms with Gasteiger partial charge in [0.05, 0.1) is 31.4 Å². The van der Waals surface area contributed by atoms with E-state index in [1.54, 1.807) is 0 Å².